The number of sulfonamides is 1. The van der Waals surface area contributed by atoms with Crippen molar-refractivity contribution < 1.29 is 18.0 Å². The first-order valence-corrected chi connectivity index (χ1v) is 13.2. The second-order valence-corrected chi connectivity index (χ2v) is 10.8. The summed E-state index contributed by atoms with van der Waals surface area (Å²) in [5, 5.41) is 0.778. The van der Waals surface area contributed by atoms with Crippen molar-refractivity contribution in [3.63, 3.8) is 0 Å². The third kappa shape index (κ3) is 4.71. The maximum atomic E-state index is 13.3. The van der Waals surface area contributed by atoms with Crippen molar-refractivity contribution >= 4 is 43.4 Å². The predicted molar refractivity (Wildman–Crippen MR) is 124 cm³/mol. The van der Waals surface area contributed by atoms with Gasteiger partial charge in [-0.25, -0.2) is 17.7 Å². The first-order chi connectivity index (χ1) is 15.4. The third-order valence-electron chi connectivity index (χ3n) is 5.43. The van der Waals surface area contributed by atoms with Gasteiger partial charge in [-0.1, -0.05) is 18.3 Å². The summed E-state index contributed by atoms with van der Waals surface area (Å²) in [4.78, 5) is 31.4. The number of hydrogen-bond acceptors (Lipinski definition) is 6. The van der Waals surface area contributed by atoms with Crippen molar-refractivity contribution in [2.75, 3.05) is 25.4 Å². The molecule has 0 bridgehead atoms. The fourth-order valence-electron chi connectivity index (χ4n) is 3.84. The van der Waals surface area contributed by atoms with E-state index in [4.69, 9.17) is 0 Å². The monoisotopic (exact) mass is 474 g/mol. The van der Waals surface area contributed by atoms with Gasteiger partial charge >= 0.3 is 0 Å². The summed E-state index contributed by atoms with van der Waals surface area (Å²) in [5.41, 5.74) is 1.07. The molecule has 0 spiro atoms. The largest absolute Gasteiger partial charge is 0.343 e. The second kappa shape index (κ2) is 9.41. The zero-order valence-electron chi connectivity index (χ0n) is 17.9. The Balaban J connectivity index is 1.56. The molecule has 3 heterocycles. The van der Waals surface area contributed by atoms with Crippen LogP contribution in [0.1, 0.15) is 43.0 Å². The molecule has 0 aliphatic carbocycles. The first kappa shape index (κ1) is 22.5. The molecule has 2 aromatic heterocycles. The quantitative estimate of drug-likeness (QED) is 0.475. The Morgan fingerprint density at radius 2 is 2.03 bits per heavy atom. The van der Waals surface area contributed by atoms with Crippen LogP contribution in [0.5, 0.6) is 0 Å². The van der Waals surface area contributed by atoms with Gasteiger partial charge in [0.25, 0.3) is 5.91 Å². The molecule has 0 saturated carbocycles. The number of benzene rings is 1. The Kier molecular flexibility index (Phi) is 6.61. The van der Waals surface area contributed by atoms with Crippen LogP contribution in [0.15, 0.2) is 42.7 Å². The summed E-state index contributed by atoms with van der Waals surface area (Å²) in [5.74, 6) is -0.542. The van der Waals surface area contributed by atoms with Crippen LogP contribution in [-0.4, -0.2) is 64.4 Å². The van der Waals surface area contributed by atoms with E-state index in [1.54, 1.807) is 30.0 Å². The Morgan fingerprint density at radius 3 is 2.72 bits per heavy atom. The van der Waals surface area contributed by atoms with E-state index in [9.17, 15) is 18.0 Å². The highest BCUT2D eigenvalue weighted by atomic mass is 32.2. The Labute approximate surface area is 191 Å². The van der Waals surface area contributed by atoms with Gasteiger partial charge in [0, 0.05) is 44.0 Å². The Bertz CT molecular complexity index is 1220. The molecule has 1 aliphatic heterocycles. The molecule has 1 fully saturated rings. The average Bonchev–Trinajstić information content (AvgIpc) is 3.50. The van der Waals surface area contributed by atoms with Crippen LogP contribution < -0.4 is 0 Å². The van der Waals surface area contributed by atoms with E-state index in [1.165, 1.54) is 11.3 Å². The normalized spacial score (nSPS) is 14.4. The number of carbonyl (C=O) groups excluding carboxylic acids is 2. The minimum atomic E-state index is -3.75. The van der Waals surface area contributed by atoms with E-state index >= 15 is 0 Å². The van der Waals surface area contributed by atoms with Crippen LogP contribution in [0, 0.1) is 0 Å². The third-order valence-corrected chi connectivity index (χ3v) is 8.41. The van der Waals surface area contributed by atoms with Crippen LogP contribution >= 0.6 is 11.3 Å². The van der Waals surface area contributed by atoms with Crippen molar-refractivity contribution in [1.29, 1.82) is 0 Å². The molecule has 1 saturated heterocycles. The summed E-state index contributed by atoms with van der Waals surface area (Å²) in [7, 11) is -3.75. The van der Waals surface area contributed by atoms with E-state index < -0.39 is 15.9 Å². The van der Waals surface area contributed by atoms with Crippen LogP contribution in [0.25, 0.3) is 15.3 Å². The van der Waals surface area contributed by atoms with Gasteiger partial charge in [0.15, 0.2) is 5.13 Å². The number of thiazole rings is 1. The number of hydrogen-bond donors (Lipinski definition) is 0. The molecule has 10 heteroatoms. The van der Waals surface area contributed by atoms with Gasteiger partial charge in [-0.15, -0.1) is 0 Å². The molecule has 1 aromatic carbocycles. The first-order valence-electron chi connectivity index (χ1n) is 10.8. The molecule has 4 rings (SSSR count). The van der Waals surface area contributed by atoms with Crippen LogP contribution in [-0.2, 0) is 14.8 Å². The molecule has 0 N–H and O–H groups in total. The molecule has 0 radical (unpaired) electrons. The van der Waals surface area contributed by atoms with E-state index in [-0.39, 0.29) is 18.2 Å². The minimum absolute atomic E-state index is 0.0558. The van der Waals surface area contributed by atoms with Gasteiger partial charge in [-0.2, -0.15) is 0 Å². The van der Waals surface area contributed by atoms with Gasteiger partial charge < -0.3 is 9.47 Å². The molecular formula is C22H26N4O4S2. The molecule has 170 valence electrons. The molecule has 2 amide bonds. The molecule has 8 nitrogen and oxygen atoms in total. The SMILES string of the molecule is CCCS(=O)(=O)N(CCCN1CCCC1=O)C(=O)c1ccc2nc(-n3cccc3)sc2c1. The van der Waals surface area contributed by atoms with Gasteiger partial charge in [-0.05, 0) is 49.6 Å². The highest BCUT2D eigenvalue weighted by Gasteiger charge is 2.28. The number of fused-ring (bicyclic) bond motifs is 1. The standard InChI is InChI=1S/C22H26N4O4S2/c1-2-15-32(29,30)26(14-6-13-24-12-5-7-20(24)27)21(28)17-8-9-18-19(16-17)31-22(23-18)25-10-3-4-11-25/h3-4,8-11,16H,2,5-7,12-15H2,1H3. The van der Waals surface area contributed by atoms with Crippen molar-refractivity contribution in [2.24, 2.45) is 0 Å². The Morgan fingerprint density at radius 1 is 1.25 bits per heavy atom. The van der Waals surface area contributed by atoms with Crippen LogP contribution in [0.3, 0.4) is 0 Å². The average molecular weight is 475 g/mol. The molecular weight excluding hydrogens is 448 g/mol. The maximum absolute atomic E-state index is 13.3. The number of likely N-dealkylation sites (tertiary alicyclic amines) is 1. The molecule has 0 atom stereocenters. The smallest absolute Gasteiger partial charge is 0.267 e. The lowest BCUT2D eigenvalue weighted by molar-refractivity contribution is -0.127. The topological polar surface area (TPSA) is 92.6 Å². The van der Waals surface area contributed by atoms with Crippen molar-refractivity contribution in [3.05, 3.63) is 48.3 Å². The van der Waals surface area contributed by atoms with Crippen molar-refractivity contribution in [2.45, 2.75) is 32.6 Å². The minimum Gasteiger partial charge on any atom is -0.343 e. The molecule has 1 aliphatic rings. The summed E-state index contributed by atoms with van der Waals surface area (Å²) in [6.07, 6.45) is 6.00. The summed E-state index contributed by atoms with van der Waals surface area (Å²) >= 11 is 1.44. The summed E-state index contributed by atoms with van der Waals surface area (Å²) in [6, 6.07) is 8.91. The highest BCUT2D eigenvalue weighted by Crippen LogP contribution is 2.27. The number of rotatable bonds is 9. The highest BCUT2D eigenvalue weighted by molar-refractivity contribution is 7.89. The lowest BCUT2D eigenvalue weighted by Crippen LogP contribution is -2.40. The van der Waals surface area contributed by atoms with Crippen molar-refractivity contribution in [1.82, 2.24) is 18.8 Å². The fourth-order valence-corrected chi connectivity index (χ4v) is 6.32. The van der Waals surface area contributed by atoms with Gasteiger partial charge in [0.2, 0.25) is 15.9 Å². The zero-order chi connectivity index (χ0) is 22.7. The van der Waals surface area contributed by atoms with E-state index in [2.05, 4.69) is 4.98 Å². The number of nitrogens with zero attached hydrogens (tertiary/aromatic N) is 4. The second-order valence-electron chi connectivity index (χ2n) is 7.80. The number of carbonyl (C=O) groups is 2. The van der Waals surface area contributed by atoms with Gasteiger partial charge in [0.05, 0.1) is 16.0 Å². The lowest BCUT2D eigenvalue weighted by atomic mass is 10.2. The van der Waals surface area contributed by atoms with Crippen molar-refractivity contribution in [3.8, 4) is 5.13 Å². The predicted octanol–water partition coefficient (Wildman–Crippen LogP) is 3.28. The van der Waals surface area contributed by atoms with Crippen LogP contribution in [0.4, 0.5) is 0 Å². The van der Waals surface area contributed by atoms with Gasteiger partial charge in [0.1, 0.15) is 0 Å². The molecule has 32 heavy (non-hydrogen) atoms. The van der Waals surface area contributed by atoms with E-state index in [0.717, 1.165) is 26.1 Å². The maximum Gasteiger partial charge on any atom is 0.267 e. The Hall–Kier alpha value is -2.72. The summed E-state index contributed by atoms with van der Waals surface area (Å²) < 4.78 is 29.4. The lowest BCUT2D eigenvalue weighted by Gasteiger charge is -2.24. The number of aromatic nitrogens is 2. The zero-order valence-corrected chi connectivity index (χ0v) is 19.6. The van der Waals surface area contributed by atoms with E-state index in [0.29, 0.717) is 37.9 Å². The fraction of sp³-hybridized carbons (Fsp3) is 0.409. The number of amides is 2. The van der Waals surface area contributed by atoms with Gasteiger partial charge in [-0.3, -0.25) is 9.59 Å². The molecule has 0 unspecified atom stereocenters. The van der Waals surface area contributed by atoms with E-state index in [1.807, 2.05) is 29.1 Å². The van der Waals surface area contributed by atoms with Crippen LogP contribution in [0.2, 0.25) is 0 Å². The molecule has 3 aromatic rings. The summed E-state index contributed by atoms with van der Waals surface area (Å²) in [6.45, 7) is 2.98.